The fourth-order valence-electron chi connectivity index (χ4n) is 2.94. The molecule has 0 saturated heterocycles. The molecule has 0 aromatic carbocycles. The Balaban J connectivity index is 1.63. The molecule has 0 atom stereocenters. The number of pyridine rings is 1. The Hall–Kier alpha value is -2.52. The lowest BCUT2D eigenvalue weighted by Gasteiger charge is -2.09. The molecule has 27 heavy (non-hydrogen) atoms. The number of carbonyl (C=O) groups excluding carboxylic acids is 2. The lowest BCUT2D eigenvalue weighted by atomic mass is 9.99. The van der Waals surface area contributed by atoms with Crippen LogP contribution in [0.5, 0.6) is 0 Å². The number of anilines is 2. The number of rotatable bonds is 6. The van der Waals surface area contributed by atoms with Gasteiger partial charge in [0.1, 0.15) is 10.0 Å². The number of amides is 2. The molecule has 1 aliphatic carbocycles. The first-order valence-electron chi connectivity index (χ1n) is 8.37. The van der Waals surface area contributed by atoms with Gasteiger partial charge in [0.2, 0.25) is 0 Å². The van der Waals surface area contributed by atoms with Gasteiger partial charge in [0, 0.05) is 17.8 Å². The fraction of sp³-hybridized carbons (Fsp3) is 0.353. The Labute approximate surface area is 164 Å². The van der Waals surface area contributed by atoms with Crippen LogP contribution in [0.15, 0.2) is 18.3 Å². The minimum absolute atomic E-state index is 0.00146. The summed E-state index contributed by atoms with van der Waals surface area (Å²) in [5, 5.41) is 14.1. The van der Waals surface area contributed by atoms with Crippen molar-refractivity contribution in [2.75, 3.05) is 10.6 Å². The van der Waals surface area contributed by atoms with Gasteiger partial charge in [0.05, 0.1) is 12.1 Å². The third kappa shape index (κ3) is 5.01. The van der Waals surface area contributed by atoms with Crippen LogP contribution in [0.4, 0.5) is 15.6 Å². The first-order valence-corrected chi connectivity index (χ1v) is 9.57. The molecule has 1 fully saturated rings. The zero-order valence-corrected chi connectivity index (χ0v) is 15.8. The largest absolute Gasteiger partial charge is 0.481 e. The van der Waals surface area contributed by atoms with E-state index in [1.807, 2.05) is 0 Å². The Kier molecular flexibility index (Phi) is 6.02. The van der Waals surface area contributed by atoms with Crippen LogP contribution in [0.1, 0.15) is 41.9 Å². The number of Topliss-reactive ketones (excluding diaryl/α,β-unsaturated/α-hetero) is 1. The summed E-state index contributed by atoms with van der Waals surface area (Å²) in [5.41, 5.74) is 0.954. The predicted octanol–water partition coefficient (Wildman–Crippen LogP) is 3.84. The fourth-order valence-corrected chi connectivity index (χ4v) is 3.97. The standard InChI is InChI=1S/C17H17ClN4O4S/c18-15-12(8-13(23)24)21-17(27-15)22-16(26)20-10-5-6-19-11(7-10)14(25)9-3-1-2-4-9/h5-7,9H,1-4,8H2,(H,23,24)(H2,19,20,21,22,26). The van der Waals surface area contributed by atoms with Gasteiger partial charge in [-0.1, -0.05) is 35.8 Å². The van der Waals surface area contributed by atoms with E-state index >= 15 is 0 Å². The SMILES string of the molecule is O=C(O)Cc1nc(NC(=O)Nc2ccnc(C(=O)C3CCCC3)c2)sc1Cl. The summed E-state index contributed by atoms with van der Waals surface area (Å²) in [6.07, 6.45) is 5.01. The molecule has 142 valence electrons. The van der Waals surface area contributed by atoms with Gasteiger partial charge < -0.3 is 10.4 Å². The van der Waals surface area contributed by atoms with Gasteiger partial charge in [-0.05, 0) is 25.0 Å². The van der Waals surface area contributed by atoms with Crippen LogP contribution in [0.2, 0.25) is 4.34 Å². The molecule has 2 aromatic heterocycles. The lowest BCUT2D eigenvalue weighted by molar-refractivity contribution is -0.136. The van der Waals surface area contributed by atoms with Crippen molar-refractivity contribution in [3.8, 4) is 0 Å². The van der Waals surface area contributed by atoms with Crippen LogP contribution in [0, 0.1) is 5.92 Å². The van der Waals surface area contributed by atoms with E-state index < -0.39 is 12.0 Å². The number of aromatic nitrogens is 2. The summed E-state index contributed by atoms with van der Waals surface area (Å²) >= 11 is 6.90. The topological polar surface area (TPSA) is 121 Å². The van der Waals surface area contributed by atoms with E-state index in [0.717, 1.165) is 37.0 Å². The second-order valence-electron chi connectivity index (χ2n) is 6.16. The quantitative estimate of drug-likeness (QED) is 0.624. The van der Waals surface area contributed by atoms with Crippen molar-refractivity contribution >= 4 is 51.5 Å². The second kappa shape index (κ2) is 8.45. The Morgan fingerprint density at radius 1 is 1.26 bits per heavy atom. The number of hydrogen-bond acceptors (Lipinski definition) is 6. The number of carbonyl (C=O) groups is 3. The van der Waals surface area contributed by atoms with Crippen molar-refractivity contribution in [1.82, 2.24) is 9.97 Å². The van der Waals surface area contributed by atoms with Crippen molar-refractivity contribution in [2.24, 2.45) is 5.92 Å². The zero-order valence-electron chi connectivity index (χ0n) is 14.2. The summed E-state index contributed by atoms with van der Waals surface area (Å²) in [7, 11) is 0. The Morgan fingerprint density at radius 2 is 2.00 bits per heavy atom. The molecule has 2 aromatic rings. The number of halogens is 1. The highest BCUT2D eigenvalue weighted by molar-refractivity contribution is 7.19. The molecule has 0 unspecified atom stereocenters. The van der Waals surface area contributed by atoms with Crippen molar-refractivity contribution in [3.05, 3.63) is 34.1 Å². The Bertz CT molecular complexity index is 880. The van der Waals surface area contributed by atoms with Gasteiger partial charge in [-0.2, -0.15) is 0 Å². The van der Waals surface area contributed by atoms with Gasteiger partial charge in [-0.25, -0.2) is 9.78 Å². The summed E-state index contributed by atoms with van der Waals surface area (Å²) in [5.74, 6) is -1.05. The number of thiazole rings is 1. The van der Waals surface area contributed by atoms with Crippen LogP contribution in [0.3, 0.4) is 0 Å². The van der Waals surface area contributed by atoms with Gasteiger partial charge in [-0.3, -0.25) is 19.9 Å². The third-order valence-electron chi connectivity index (χ3n) is 4.19. The summed E-state index contributed by atoms with van der Waals surface area (Å²) < 4.78 is 0.209. The lowest BCUT2D eigenvalue weighted by Crippen LogP contribution is -2.20. The smallest absolute Gasteiger partial charge is 0.325 e. The number of nitrogens with zero attached hydrogens (tertiary/aromatic N) is 2. The van der Waals surface area contributed by atoms with E-state index in [2.05, 4.69) is 20.6 Å². The highest BCUT2D eigenvalue weighted by Crippen LogP contribution is 2.29. The van der Waals surface area contributed by atoms with Gasteiger partial charge in [0.15, 0.2) is 10.9 Å². The number of hydrogen-bond donors (Lipinski definition) is 3. The van der Waals surface area contributed by atoms with E-state index in [4.69, 9.17) is 16.7 Å². The van der Waals surface area contributed by atoms with Crippen LogP contribution >= 0.6 is 22.9 Å². The van der Waals surface area contributed by atoms with Crippen LogP contribution in [-0.4, -0.2) is 32.9 Å². The number of carboxylic acid groups (broad SMARTS) is 1. The molecule has 0 aliphatic heterocycles. The molecule has 0 bridgehead atoms. The van der Waals surface area contributed by atoms with Crippen molar-refractivity contribution in [1.29, 1.82) is 0 Å². The van der Waals surface area contributed by atoms with Gasteiger partial charge in [0.25, 0.3) is 0 Å². The van der Waals surface area contributed by atoms with Gasteiger partial charge in [-0.15, -0.1) is 0 Å². The molecule has 3 N–H and O–H groups in total. The monoisotopic (exact) mass is 408 g/mol. The second-order valence-corrected chi connectivity index (χ2v) is 7.77. The number of carboxylic acids is 1. The summed E-state index contributed by atoms with van der Waals surface area (Å²) in [6.45, 7) is 0. The molecule has 0 spiro atoms. The van der Waals surface area contributed by atoms with E-state index in [9.17, 15) is 14.4 Å². The molecule has 1 aliphatic rings. The number of urea groups is 1. The molecule has 0 radical (unpaired) electrons. The number of nitrogens with one attached hydrogen (secondary N) is 2. The summed E-state index contributed by atoms with van der Waals surface area (Å²) in [4.78, 5) is 43.4. The molecule has 1 saturated carbocycles. The highest BCUT2D eigenvalue weighted by atomic mass is 35.5. The zero-order chi connectivity index (χ0) is 19.4. The summed E-state index contributed by atoms with van der Waals surface area (Å²) in [6, 6.07) is 2.55. The highest BCUT2D eigenvalue weighted by Gasteiger charge is 2.25. The molecule has 10 heteroatoms. The van der Waals surface area contributed by atoms with E-state index in [0.29, 0.717) is 11.4 Å². The van der Waals surface area contributed by atoms with Crippen LogP contribution in [0.25, 0.3) is 0 Å². The van der Waals surface area contributed by atoms with Gasteiger partial charge >= 0.3 is 12.0 Å². The maximum Gasteiger partial charge on any atom is 0.325 e. The van der Waals surface area contributed by atoms with Crippen molar-refractivity contribution in [2.45, 2.75) is 32.1 Å². The number of aliphatic carboxylic acids is 1. The average Bonchev–Trinajstić information content (AvgIpc) is 3.24. The molecular formula is C17H17ClN4O4S. The van der Waals surface area contributed by atoms with Crippen LogP contribution < -0.4 is 10.6 Å². The van der Waals surface area contributed by atoms with Crippen molar-refractivity contribution < 1.29 is 19.5 Å². The molecule has 2 heterocycles. The first-order chi connectivity index (χ1) is 12.9. The molecule has 3 rings (SSSR count). The normalized spacial score (nSPS) is 14.1. The number of ketones is 1. The third-order valence-corrected chi connectivity index (χ3v) is 5.44. The minimum Gasteiger partial charge on any atom is -0.481 e. The Morgan fingerprint density at radius 3 is 2.70 bits per heavy atom. The molecule has 2 amide bonds. The maximum absolute atomic E-state index is 12.4. The first kappa shape index (κ1) is 19.2. The minimum atomic E-state index is -1.06. The van der Waals surface area contributed by atoms with E-state index in [-0.39, 0.29) is 33.3 Å². The average molecular weight is 409 g/mol. The van der Waals surface area contributed by atoms with E-state index in [1.165, 1.54) is 6.20 Å². The molecule has 8 nitrogen and oxygen atoms in total. The van der Waals surface area contributed by atoms with Crippen molar-refractivity contribution in [3.63, 3.8) is 0 Å². The van der Waals surface area contributed by atoms with Crippen LogP contribution in [-0.2, 0) is 11.2 Å². The predicted molar refractivity (Wildman–Crippen MR) is 102 cm³/mol. The maximum atomic E-state index is 12.4. The molecular weight excluding hydrogens is 392 g/mol. The van der Waals surface area contributed by atoms with E-state index in [1.54, 1.807) is 12.1 Å².